The number of nitrogens with two attached hydrogens (primary N) is 1. The maximum atomic E-state index is 6.15. The van der Waals surface area contributed by atoms with E-state index in [0.29, 0.717) is 6.04 Å². The Morgan fingerprint density at radius 2 is 2.06 bits per heavy atom. The summed E-state index contributed by atoms with van der Waals surface area (Å²) in [6.45, 7) is 9.19. The molecule has 3 heterocycles. The fourth-order valence-corrected chi connectivity index (χ4v) is 3.63. The van der Waals surface area contributed by atoms with Crippen LogP contribution >= 0.6 is 0 Å². The third-order valence-corrected chi connectivity index (χ3v) is 5.15. The van der Waals surface area contributed by atoms with Gasteiger partial charge in [0.25, 0.3) is 0 Å². The lowest BCUT2D eigenvalue weighted by molar-refractivity contribution is -0.0708. The van der Waals surface area contributed by atoms with Crippen LogP contribution in [0.4, 0.5) is 0 Å². The Bertz CT molecular complexity index is 235. The number of nitrogens with zero attached hydrogens (tertiary/aromatic N) is 2. The van der Waals surface area contributed by atoms with Crippen molar-refractivity contribution < 1.29 is 0 Å². The van der Waals surface area contributed by atoms with Crippen LogP contribution in [-0.4, -0.2) is 54.6 Å². The Hall–Kier alpha value is -0.120. The molecule has 0 amide bonds. The summed E-state index contributed by atoms with van der Waals surface area (Å²) in [5.74, 6) is 0.821. The van der Waals surface area contributed by atoms with E-state index in [-0.39, 0.29) is 5.54 Å². The van der Waals surface area contributed by atoms with Crippen molar-refractivity contribution in [1.29, 1.82) is 0 Å². The molecule has 0 aromatic rings. The van der Waals surface area contributed by atoms with E-state index in [1.165, 1.54) is 38.9 Å². The molecule has 2 bridgehead atoms. The molecule has 3 fully saturated rings. The van der Waals surface area contributed by atoms with Gasteiger partial charge in [0.2, 0.25) is 0 Å². The van der Waals surface area contributed by atoms with Crippen molar-refractivity contribution in [2.45, 2.75) is 44.7 Å². The average molecular weight is 225 g/mol. The predicted molar refractivity (Wildman–Crippen MR) is 68.5 cm³/mol. The average Bonchev–Trinajstić information content (AvgIpc) is 2.37. The Morgan fingerprint density at radius 1 is 1.44 bits per heavy atom. The van der Waals surface area contributed by atoms with Crippen molar-refractivity contribution in [3.05, 3.63) is 0 Å². The van der Waals surface area contributed by atoms with Gasteiger partial charge in [0.15, 0.2) is 0 Å². The van der Waals surface area contributed by atoms with E-state index in [0.717, 1.165) is 12.5 Å². The summed E-state index contributed by atoms with van der Waals surface area (Å²) in [7, 11) is 2.28. The Balaban J connectivity index is 2.18. The lowest BCUT2D eigenvalue weighted by Crippen LogP contribution is -2.70. The molecule has 0 aromatic heterocycles. The minimum absolute atomic E-state index is 0.256. The number of hydrogen-bond acceptors (Lipinski definition) is 3. The zero-order valence-electron chi connectivity index (χ0n) is 11.1. The fourth-order valence-electron chi connectivity index (χ4n) is 3.63. The molecule has 3 saturated heterocycles. The number of piperidine rings is 3. The molecule has 0 radical (unpaired) electrons. The summed E-state index contributed by atoms with van der Waals surface area (Å²) in [5.41, 5.74) is 6.41. The highest BCUT2D eigenvalue weighted by atomic mass is 15.3. The van der Waals surface area contributed by atoms with Crippen LogP contribution in [0.3, 0.4) is 0 Å². The SMILES string of the molecule is CCC(C)N(C)C1(CN)CN2CCC1CC2. The number of rotatable bonds is 4. The van der Waals surface area contributed by atoms with Gasteiger partial charge >= 0.3 is 0 Å². The molecule has 2 atom stereocenters. The van der Waals surface area contributed by atoms with E-state index >= 15 is 0 Å². The molecule has 94 valence electrons. The Kier molecular flexibility index (Phi) is 3.57. The van der Waals surface area contributed by atoms with E-state index in [4.69, 9.17) is 5.73 Å². The van der Waals surface area contributed by atoms with E-state index in [1.807, 2.05) is 0 Å². The second-order valence-corrected chi connectivity index (χ2v) is 5.73. The van der Waals surface area contributed by atoms with Gasteiger partial charge in [-0.25, -0.2) is 0 Å². The van der Waals surface area contributed by atoms with E-state index < -0.39 is 0 Å². The third kappa shape index (κ3) is 1.79. The molecule has 3 heteroatoms. The molecule has 0 aromatic carbocycles. The van der Waals surface area contributed by atoms with Crippen molar-refractivity contribution in [3.63, 3.8) is 0 Å². The van der Waals surface area contributed by atoms with Crippen LogP contribution in [0.1, 0.15) is 33.1 Å². The van der Waals surface area contributed by atoms with Gasteiger partial charge in [0, 0.05) is 24.7 Å². The Morgan fingerprint density at radius 3 is 2.44 bits per heavy atom. The van der Waals surface area contributed by atoms with Gasteiger partial charge in [-0.15, -0.1) is 0 Å². The number of hydrogen-bond donors (Lipinski definition) is 1. The van der Waals surface area contributed by atoms with Gasteiger partial charge in [-0.2, -0.15) is 0 Å². The number of likely N-dealkylation sites (N-methyl/N-ethyl adjacent to an activating group) is 1. The molecule has 0 spiro atoms. The summed E-state index contributed by atoms with van der Waals surface area (Å²) in [6, 6.07) is 0.643. The standard InChI is InChI=1S/C13H27N3/c1-4-11(2)15(3)13(9-14)10-16-7-5-12(13)6-8-16/h11-12H,4-10,14H2,1-3H3. The third-order valence-electron chi connectivity index (χ3n) is 5.15. The normalized spacial score (nSPS) is 40.3. The lowest BCUT2D eigenvalue weighted by atomic mass is 9.71. The van der Waals surface area contributed by atoms with Crippen LogP contribution in [0.25, 0.3) is 0 Å². The summed E-state index contributed by atoms with van der Waals surface area (Å²) in [6.07, 6.45) is 3.90. The zero-order chi connectivity index (χ0) is 11.8. The smallest absolute Gasteiger partial charge is 0.0487 e. The molecule has 2 unspecified atom stereocenters. The second kappa shape index (κ2) is 4.63. The van der Waals surface area contributed by atoms with Crippen LogP contribution in [-0.2, 0) is 0 Å². The van der Waals surface area contributed by atoms with Crippen LogP contribution in [0.15, 0.2) is 0 Å². The highest BCUT2D eigenvalue weighted by Crippen LogP contribution is 2.39. The van der Waals surface area contributed by atoms with Crippen LogP contribution in [0.2, 0.25) is 0 Å². The first-order valence-corrected chi connectivity index (χ1v) is 6.79. The quantitative estimate of drug-likeness (QED) is 0.779. The molecule has 3 rings (SSSR count). The predicted octanol–water partition coefficient (Wildman–Crippen LogP) is 1.14. The fraction of sp³-hybridized carbons (Fsp3) is 1.00. The van der Waals surface area contributed by atoms with Gasteiger partial charge in [-0.3, -0.25) is 4.90 Å². The Labute approximate surface area is 100.0 Å². The first-order chi connectivity index (χ1) is 7.64. The summed E-state index contributed by atoms with van der Waals surface area (Å²) in [5, 5.41) is 0. The molecule has 0 saturated carbocycles. The summed E-state index contributed by atoms with van der Waals surface area (Å²) in [4.78, 5) is 5.18. The second-order valence-electron chi connectivity index (χ2n) is 5.73. The number of fused-ring (bicyclic) bond motifs is 3. The molecular weight excluding hydrogens is 198 g/mol. The highest BCUT2D eigenvalue weighted by molar-refractivity contribution is 5.06. The van der Waals surface area contributed by atoms with Gasteiger partial charge < -0.3 is 10.6 Å². The lowest BCUT2D eigenvalue weighted by Gasteiger charge is -2.58. The monoisotopic (exact) mass is 225 g/mol. The van der Waals surface area contributed by atoms with Crippen molar-refractivity contribution in [2.75, 3.05) is 33.2 Å². The minimum Gasteiger partial charge on any atom is -0.329 e. The van der Waals surface area contributed by atoms with Crippen molar-refractivity contribution in [2.24, 2.45) is 11.7 Å². The van der Waals surface area contributed by atoms with E-state index in [9.17, 15) is 0 Å². The molecule has 3 aliphatic heterocycles. The van der Waals surface area contributed by atoms with Crippen molar-refractivity contribution in [1.82, 2.24) is 9.80 Å². The molecule has 3 nitrogen and oxygen atoms in total. The molecule has 3 aliphatic rings. The molecule has 0 aliphatic carbocycles. The van der Waals surface area contributed by atoms with Crippen LogP contribution < -0.4 is 5.73 Å². The van der Waals surface area contributed by atoms with Crippen molar-refractivity contribution >= 4 is 0 Å². The molecular formula is C13H27N3. The van der Waals surface area contributed by atoms with Gasteiger partial charge in [0.05, 0.1) is 0 Å². The minimum atomic E-state index is 0.256. The molecule has 16 heavy (non-hydrogen) atoms. The van der Waals surface area contributed by atoms with E-state index in [1.54, 1.807) is 0 Å². The maximum absolute atomic E-state index is 6.15. The summed E-state index contributed by atoms with van der Waals surface area (Å²) >= 11 is 0. The van der Waals surface area contributed by atoms with Gasteiger partial charge in [-0.05, 0) is 52.2 Å². The first kappa shape index (κ1) is 12.3. The molecule has 2 N–H and O–H groups in total. The topological polar surface area (TPSA) is 32.5 Å². The van der Waals surface area contributed by atoms with Gasteiger partial charge in [0.1, 0.15) is 0 Å². The maximum Gasteiger partial charge on any atom is 0.0487 e. The first-order valence-electron chi connectivity index (χ1n) is 6.79. The van der Waals surface area contributed by atoms with Crippen molar-refractivity contribution in [3.8, 4) is 0 Å². The van der Waals surface area contributed by atoms with Crippen LogP contribution in [0.5, 0.6) is 0 Å². The van der Waals surface area contributed by atoms with Crippen LogP contribution in [0, 0.1) is 5.92 Å². The zero-order valence-corrected chi connectivity index (χ0v) is 11.1. The van der Waals surface area contributed by atoms with Gasteiger partial charge in [-0.1, -0.05) is 6.92 Å². The largest absolute Gasteiger partial charge is 0.329 e. The highest BCUT2D eigenvalue weighted by Gasteiger charge is 2.48. The summed E-state index contributed by atoms with van der Waals surface area (Å²) < 4.78 is 0. The van der Waals surface area contributed by atoms with E-state index in [2.05, 4.69) is 30.7 Å².